The van der Waals surface area contributed by atoms with Crippen molar-refractivity contribution in [2.45, 2.75) is 25.8 Å². The highest BCUT2D eigenvalue weighted by molar-refractivity contribution is 7.08. The number of piperidine rings is 1. The summed E-state index contributed by atoms with van der Waals surface area (Å²) in [6, 6.07) is 9.34. The quantitative estimate of drug-likeness (QED) is 0.857. The highest BCUT2D eigenvalue weighted by Gasteiger charge is 2.23. The molecule has 1 saturated heterocycles. The molecule has 0 aliphatic carbocycles. The van der Waals surface area contributed by atoms with E-state index in [-0.39, 0.29) is 17.7 Å². The molecule has 6 heteroatoms. The molecule has 0 bridgehead atoms. The maximum atomic E-state index is 12.1. The molecule has 128 valence electrons. The number of nitrogens with zero attached hydrogens (tertiary/aromatic N) is 2. The predicted octanol–water partition coefficient (Wildman–Crippen LogP) is 3.22. The van der Waals surface area contributed by atoms with Gasteiger partial charge in [-0.05, 0) is 49.4 Å². The maximum absolute atomic E-state index is 12.1. The molecule has 0 unspecified atom stereocenters. The predicted molar refractivity (Wildman–Crippen MR) is 98.2 cm³/mol. The Morgan fingerprint density at radius 2 is 2.00 bits per heavy atom. The molecule has 5 nitrogen and oxygen atoms in total. The first-order chi connectivity index (χ1) is 12.1. The summed E-state index contributed by atoms with van der Waals surface area (Å²) >= 11 is 1.51. The SMILES string of the molecule is CC(=O)c1ccc(C#N)c(N2CCC(NC(=O)c3ccsc3)CC2)c1. The Labute approximate surface area is 150 Å². The second kappa shape index (κ2) is 7.49. The summed E-state index contributed by atoms with van der Waals surface area (Å²) in [6.07, 6.45) is 1.62. The van der Waals surface area contributed by atoms with Gasteiger partial charge in [-0.3, -0.25) is 9.59 Å². The van der Waals surface area contributed by atoms with Gasteiger partial charge in [-0.15, -0.1) is 0 Å². The normalized spacial score (nSPS) is 14.8. The average Bonchev–Trinajstić information content (AvgIpc) is 3.16. The zero-order valence-corrected chi connectivity index (χ0v) is 14.8. The van der Waals surface area contributed by atoms with Crippen molar-refractivity contribution < 1.29 is 9.59 Å². The number of Topliss-reactive ketones (excluding diaryl/α,β-unsaturated/α-hetero) is 1. The molecule has 1 N–H and O–H groups in total. The molecule has 1 aliphatic heterocycles. The fraction of sp³-hybridized carbons (Fsp3) is 0.316. The number of hydrogen-bond acceptors (Lipinski definition) is 5. The lowest BCUT2D eigenvalue weighted by atomic mass is 10.0. The van der Waals surface area contributed by atoms with Crippen molar-refractivity contribution in [1.82, 2.24) is 5.32 Å². The van der Waals surface area contributed by atoms with Gasteiger partial charge in [0, 0.05) is 35.6 Å². The van der Waals surface area contributed by atoms with Gasteiger partial charge in [-0.25, -0.2) is 0 Å². The van der Waals surface area contributed by atoms with Crippen molar-refractivity contribution in [2.75, 3.05) is 18.0 Å². The molecule has 1 fully saturated rings. The van der Waals surface area contributed by atoms with Crippen molar-refractivity contribution in [3.63, 3.8) is 0 Å². The van der Waals surface area contributed by atoms with Crippen LogP contribution in [0.4, 0.5) is 5.69 Å². The van der Waals surface area contributed by atoms with E-state index in [0.29, 0.717) is 16.7 Å². The van der Waals surface area contributed by atoms with Crippen molar-refractivity contribution in [2.24, 2.45) is 0 Å². The van der Waals surface area contributed by atoms with E-state index in [0.717, 1.165) is 31.6 Å². The molecule has 2 aromatic rings. The fourth-order valence-electron chi connectivity index (χ4n) is 3.03. The minimum Gasteiger partial charge on any atom is -0.370 e. The summed E-state index contributed by atoms with van der Waals surface area (Å²) in [5.41, 5.74) is 2.69. The second-order valence-corrected chi connectivity index (χ2v) is 6.93. The van der Waals surface area contributed by atoms with Gasteiger partial charge >= 0.3 is 0 Å². The molecule has 0 saturated carbocycles. The molecule has 25 heavy (non-hydrogen) atoms. The first kappa shape index (κ1) is 17.2. The first-order valence-corrected chi connectivity index (χ1v) is 9.16. The third-order valence-electron chi connectivity index (χ3n) is 4.48. The van der Waals surface area contributed by atoms with Crippen LogP contribution in [0.15, 0.2) is 35.0 Å². The van der Waals surface area contributed by atoms with Crippen LogP contribution in [0.3, 0.4) is 0 Å². The van der Waals surface area contributed by atoms with E-state index in [1.54, 1.807) is 18.2 Å². The van der Waals surface area contributed by atoms with Crippen molar-refractivity contribution in [1.29, 1.82) is 5.26 Å². The summed E-state index contributed by atoms with van der Waals surface area (Å²) in [5, 5.41) is 16.1. The third kappa shape index (κ3) is 3.89. The lowest BCUT2D eigenvalue weighted by molar-refractivity contribution is 0.0930. The Bertz CT molecular complexity index is 816. The maximum Gasteiger partial charge on any atom is 0.252 e. The third-order valence-corrected chi connectivity index (χ3v) is 5.16. The zero-order valence-electron chi connectivity index (χ0n) is 14.0. The number of anilines is 1. The molecular formula is C19H19N3O2S. The van der Waals surface area contributed by atoms with Gasteiger partial charge in [0.25, 0.3) is 5.91 Å². The van der Waals surface area contributed by atoms with Gasteiger partial charge in [-0.2, -0.15) is 16.6 Å². The van der Waals surface area contributed by atoms with Crippen LogP contribution in [0.25, 0.3) is 0 Å². The molecule has 3 rings (SSSR count). The van der Waals surface area contributed by atoms with Crippen LogP contribution in [0.5, 0.6) is 0 Å². The molecule has 0 spiro atoms. The molecule has 0 radical (unpaired) electrons. The van der Waals surface area contributed by atoms with Crippen LogP contribution < -0.4 is 10.2 Å². The summed E-state index contributed by atoms with van der Waals surface area (Å²) in [5.74, 6) is -0.0420. The smallest absolute Gasteiger partial charge is 0.252 e. The van der Waals surface area contributed by atoms with Crippen LogP contribution in [0, 0.1) is 11.3 Å². The van der Waals surface area contributed by atoms with E-state index in [1.165, 1.54) is 18.3 Å². The number of nitrogens with one attached hydrogen (secondary N) is 1. The number of nitriles is 1. The minimum absolute atomic E-state index is 0.0105. The Balaban J connectivity index is 1.66. The summed E-state index contributed by atoms with van der Waals surface area (Å²) in [7, 11) is 0. The van der Waals surface area contributed by atoms with Crippen molar-refractivity contribution >= 4 is 28.7 Å². The summed E-state index contributed by atoms with van der Waals surface area (Å²) in [6.45, 7) is 3.01. The zero-order chi connectivity index (χ0) is 17.8. The number of thiophene rings is 1. The number of carbonyl (C=O) groups excluding carboxylic acids is 2. The van der Waals surface area contributed by atoms with Gasteiger partial charge < -0.3 is 10.2 Å². The summed E-state index contributed by atoms with van der Waals surface area (Å²) < 4.78 is 0. The van der Waals surface area contributed by atoms with E-state index in [1.807, 2.05) is 16.8 Å². The number of benzene rings is 1. The van der Waals surface area contributed by atoms with Gasteiger partial charge in [0.15, 0.2) is 5.78 Å². The second-order valence-electron chi connectivity index (χ2n) is 6.15. The number of carbonyl (C=O) groups is 2. The standard InChI is InChI=1S/C19H19N3O2S/c1-13(23)14-2-3-15(11-20)18(10-14)22-7-4-17(5-8-22)21-19(24)16-6-9-25-12-16/h2-3,6,9-10,12,17H,4-5,7-8H2,1H3,(H,21,24). The van der Waals surface area contributed by atoms with E-state index >= 15 is 0 Å². The fourth-order valence-corrected chi connectivity index (χ4v) is 3.67. The highest BCUT2D eigenvalue weighted by Crippen LogP contribution is 2.26. The van der Waals surface area contributed by atoms with Crippen molar-refractivity contribution in [3.05, 3.63) is 51.7 Å². The van der Waals surface area contributed by atoms with Crippen LogP contribution >= 0.6 is 11.3 Å². The van der Waals surface area contributed by atoms with Crippen LogP contribution in [-0.2, 0) is 0 Å². The van der Waals surface area contributed by atoms with E-state index in [2.05, 4.69) is 16.3 Å². The minimum atomic E-state index is -0.0315. The monoisotopic (exact) mass is 353 g/mol. The van der Waals surface area contributed by atoms with Gasteiger partial charge in [0.2, 0.25) is 0 Å². The van der Waals surface area contributed by atoms with Crippen LogP contribution in [0.1, 0.15) is 46.0 Å². The van der Waals surface area contributed by atoms with Crippen molar-refractivity contribution in [3.8, 4) is 6.07 Å². The van der Waals surface area contributed by atoms with E-state index in [9.17, 15) is 14.9 Å². The number of hydrogen-bond donors (Lipinski definition) is 1. The Hall–Kier alpha value is -2.65. The molecule has 1 amide bonds. The largest absolute Gasteiger partial charge is 0.370 e. The van der Waals surface area contributed by atoms with Gasteiger partial charge in [0.1, 0.15) is 6.07 Å². The number of ketones is 1. The van der Waals surface area contributed by atoms with Gasteiger partial charge in [0.05, 0.1) is 11.3 Å². The average molecular weight is 353 g/mol. The molecule has 0 atom stereocenters. The Morgan fingerprint density at radius 1 is 1.24 bits per heavy atom. The highest BCUT2D eigenvalue weighted by atomic mass is 32.1. The number of amides is 1. The lowest BCUT2D eigenvalue weighted by Gasteiger charge is -2.34. The number of rotatable bonds is 4. The molecule has 2 heterocycles. The van der Waals surface area contributed by atoms with Crippen LogP contribution in [0.2, 0.25) is 0 Å². The van der Waals surface area contributed by atoms with Gasteiger partial charge in [-0.1, -0.05) is 0 Å². The molecule has 1 aromatic carbocycles. The summed E-state index contributed by atoms with van der Waals surface area (Å²) in [4.78, 5) is 25.9. The Morgan fingerprint density at radius 3 is 2.60 bits per heavy atom. The topological polar surface area (TPSA) is 73.2 Å². The van der Waals surface area contributed by atoms with E-state index < -0.39 is 0 Å². The van der Waals surface area contributed by atoms with E-state index in [4.69, 9.17) is 0 Å². The first-order valence-electron chi connectivity index (χ1n) is 8.21. The molecule has 1 aromatic heterocycles. The Kier molecular flexibility index (Phi) is 5.15. The molecular weight excluding hydrogens is 334 g/mol. The molecule has 1 aliphatic rings. The van der Waals surface area contributed by atoms with Crippen LogP contribution in [-0.4, -0.2) is 30.8 Å². The lowest BCUT2D eigenvalue weighted by Crippen LogP contribution is -2.44.